The van der Waals surface area contributed by atoms with Crippen LogP contribution in [0.4, 0.5) is 5.69 Å². The van der Waals surface area contributed by atoms with Crippen LogP contribution >= 0.6 is 15.9 Å². The lowest BCUT2D eigenvalue weighted by Gasteiger charge is -2.07. The van der Waals surface area contributed by atoms with Crippen molar-refractivity contribution in [2.45, 2.75) is 27.2 Å². The van der Waals surface area contributed by atoms with Gasteiger partial charge >= 0.3 is 0 Å². The Morgan fingerprint density at radius 2 is 1.79 bits per heavy atom. The molecule has 0 bridgehead atoms. The van der Waals surface area contributed by atoms with Crippen molar-refractivity contribution < 1.29 is 9.21 Å². The van der Waals surface area contributed by atoms with Crippen molar-refractivity contribution >= 4 is 38.6 Å². The van der Waals surface area contributed by atoms with Crippen molar-refractivity contribution in [1.82, 2.24) is 4.98 Å². The molecule has 0 atom stereocenters. The zero-order valence-corrected chi connectivity index (χ0v) is 18.1. The number of oxazole rings is 1. The number of hydrogen-bond acceptors (Lipinski definition) is 3. The van der Waals surface area contributed by atoms with E-state index in [0.29, 0.717) is 11.5 Å². The van der Waals surface area contributed by atoms with E-state index >= 15 is 0 Å². The van der Waals surface area contributed by atoms with Crippen molar-refractivity contribution in [3.63, 3.8) is 0 Å². The molecule has 0 unspecified atom stereocenters. The number of nitrogens with one attached hydrogen (secondary N) is 1. The molecule has 29 heavy (non-hydrogen) atoms. The van der Waals surface area contributed by atoms with Crippen LogP contribution in [0.25, 0.3) is 22.6 Å². The minimum atomic E-state index is -0.126. The molecule has 0 aliphatic heterocycles. The number of aryl methyl sites for hydroxylation is 3. The maximum absolute atomic E-state index is 12.5. The molecular formula is C24H21BrN2O2. The second kappa shape index (κ2) is 7.84. The summed E-state index contributed by atoms with van der Waals surface area (Å²) < 4.78 is 6.86. The molecule has 4 nitrogen and oxygen atoms in total. The summed E-state index contributed by atoms with van der Waals surface area (Å²) in [4.78, 5) is 17.1. The van der Waals surface area contributed by atoms with Crippen LogP contribution in [0.3, 0.4) is 0 Å². The summed E-state index contributed by atoms with van der Waals surface area (Å²) in [6.07, 6.45) is 0.936. The molecule has 4 rings (SSSR count). The minimum absolute atomic E-state index is 0.126. The third kappa shape index (κ3) is 3.96. The van der Waals surface area contributed by atoms with Gasteiger partial charge in [-0.25, -0.2) is 4.98 Å². The first-order chi connectivity index (χ1) is 13.9. The van der Waals surface area contributed by atoms with Gasteiger partial charge in [0.2, 0.25) is 5.89 Å². The summed E-state index contributed by atoms with van der Waals surface area (Å²) in [6, 6.07) is 17.3. The molecule has 1 amide bonds. The lowest BCUT2D eigenvalue weighted by molar-refractivity contribution is 0.102. The predicted molar refractivity (Wildman–Crippen MR) is 120 cm³/mol. The number of fused-ring (bicyclic) bond motifs is 1. The maximum Gasteiger partial charge on any atom is 0.255 e. The van der Waals surface area contributed by atoms with E-state index in [9.17, 15) is 4.79 Å². The summed E-state index contributed by atoms with van der Waals surface area (Å²) >= 11 is 3.56. The second-order valence-electron chi connectivity index (χ2n) is 7.13. The van der Waals surface area contributed by atoms with Gasteiger partial charge < -0.3 is 9.73 Å². The van der Waals surface area contributed by atoms with Gasteiger partial charge in [-0.1, -0.05) is 13.0 Å². The van der Waals surface area contributed by atoms with Gasteiger partial charge in [-0.2, -0.15) is 0 Å². The molecule has 1 aromatic heterocycles. The highest BCUT2D eigenvalue weighted by atomic mass is 79.9. The number of rotatable bonds is 4. The van der Waals surface area contributed by atoms with Crippen molar-refractivity contribution in [3.8, 4) is 11.5 Å². The summed E-state index contributed by atoms with van der Waals surface area (Å²) in [5.41, 5.74) is 7.27. The highest BCUT2D eigenvalue weighted by molar-refractivity contribution is 9.10. The topological polar surface area (TPSA) is 55.1 Å². The van der Waals surface area contributed by atoms with Crippen molar-refractivity contribution in [2.75, 3.05) is 5.32 Å². The van der Waals surface area contributed by atoms with Crippen LogP contribution in [-0.2, 0) is 6.42 Å². The molecule has 1 heterocycles. The van der Waals surface area contributed by atoms with Gasteiger partial charge in [0, 0.05) is 16.8 Å². The number of nitrogens with zero attached hydrogens (tertiary/aromatic N) is 1. The first-order valence-corrected chi connectivity index (χ1v) is 10.3. The fraction of sp³-hybridized carbons (Fsp3) is 0.167. The van der Waals surface area contributed by atoms with E-state index in [0.717, 1.165) is 38.8 Å². The monoisotopic (exact) mass is 448 g/mol. The zero-order valence-electron chi connectivity index (χ0n) is 16.5. The van der Waals surface area contributed by atoms with E-state index in [1.165, 1.54) is 11.1 Å². The first kappa shape index (κ1) is 19.4. The average molecular weight is 449 g/mol. The van der Waals surface area contributed by atoms with Gasteiger partial charge in [-0.05, 0) is 101 Å². The molecule has 0 aliphatic carbocycles. The molecule has 4 aromatic rings. The molecule has 0 aliphatic rings. The van der Waals surface area contributed by atoms with Crippen LogP contribution in [0.2, 0.25) is 0 Å². The molecule has 5 heteroatoms. The lowest BCUT2D eigenvalue weighted by atomic mass is 10.1. The van der Waals surface area contributed by atoms with E-state index in [4.69, 9.17) is 4.42 Å². The Balaban J connectivity index is 1.56. The smallest absolute Gasteiger partial charge is 0.255 e. The zero-order chi connectivity index (χ0) is 20.5. The van der Waals surface area contributed by atoms with Gasteiger partial charge in [-0.3, -0.25) is 4.79 Å². The summed E-state index contributed by atoms with van der Waals surface area (Å²) in [5.74, 6) is 0.430. The predicted octanol–water partition coefficient (Wildman–Crippen LogP) is 6.69. The Hall–Kier alpha value is -2.92. The number of aromatic nitrogens is 1. The van der Waals surface area contributed by atoms with Crippen molar-refractivity contribution in [1.29, 1.82) is 0 Å². The molecular weight excluding hydrogens is 428 g/mol. The number of benzene rings is 3. The highest BCUT2D eigenvalue weighted by Gasteiger charge is 2.13. The minimum Gasteiger partial charge on any atom is -0.435 e. The van der Waals surface area contributed by atoms with Gasteiger partial charge in [0.1, 0.15) is 5.52 Å². The summed E-state index contributed by atoms with van der Waals surface area (Å²) in [6.45, 7) is 6.14. The summed E-state index contributed by atoms with van der Waals surface area (Å²) in [5, 5.41) is 2.94. The number of anilines is 1. The van der Waals surface area contributed by atoms with Crippen LogP contribution in [0, 0.1) is 13.8 Å². The van der Waals surface area contributed by atoms with Crippen LogP contribution in [-0.4, -0.2) is 10.9 Å². The Kier molecular flexibility index (Phi) is 5.24. The fourth-order valence-corrected chi connectivity index (χ4v) is 3.73. The fourth-order valence-electron chi connectivity index (χ4n) is 3.16. The number of carbonyl (C=O) groups excluding carboxylic acids is 1. The Morgan fingerprint density at radius 3 is 2.48 bits per heavy atom. The number of amides is 1. The molecule has 0 spiro atoms. The van der Waals surface area contributed by atoms with E-state index in [2.05, 4.69) is 39.2 Å². The third-order valence-corrected chi connectivity index (χ3v) is 5.66. The third-order valence-electron chi connectivity index (χ3n) is 5.07. The molecule has 0 saturated carbocycles. The van der Waals surface area contributed by atoms with E-state index < -0.39 is 0 Å². The van der Waals surface area contributed by atoms with Gasteiger partial charge in [0.25, 0.3) is 5.91 Å². The standard InChI is InChI=1S/C24H21BrN2O2/c1-4-16-12-20(25)22-21(13-16)27-24(29-22)17-7-9-19(10-8-17)26-23(28)18-6-5-14(2)15(3)11-18/h5-13H,4H2,1-3H3,(H,26,28). The van der Waals surface area contributed by atoms with Gasteiger partial charge in [0.15, 0.2) is 5.58 Å². The number of hydrogen-bond donors (Lipinski definition) is 1. The SMILES string of the molecule is CCc1cc(Br)c2oc(-c3ccc(NC(=O)c4ccc(C)c(C)c4)cc3)nc2c1. The molecule has 0 fully saturated rings. The van der Waals surface area contributed by atoms with Crippen LogP contribution in [0.15, 0.2) is 63.5 Å². The largest absolute Gasteiger partial charge is 0.435 e. The second-order valence-corrected chi connectivity index (χ2v) is 7.98. The van der Waals surface area contributed by atoms with E-state index in [1.54, 1.807) is 0 Å². The van der Waals surface area contributed by atoms with Gasteiger partial charge in [0.05, 0.1) is 4.47 Å². The van der Waals surface area contributed by atoms with Crippen LogP contribution < -0.4 is 5.32 Å². The number of halogens is 1. The van der Waals surface area contributed by atoms with Crippen LogP contribution in [0.5, 0.6) is 0 Å². The molecule has 3 aromatic carbocycles. The Labute approximate surface area is 178 Å². The quantitative estimate of drug-likeness (QED) is 0.378. The van der Waals surface area contributed by atoms with E-state index in [1.807, 2.05) is 62.4 Å². The normalized spacial score (nSPS) is 11.0. The Morgan fingerprint density at radius 1 is 1.03 bits per heavy atom. The van der Waals surface area contributed by atoms with Crippen molar-refractivity contribution in [2.24, 2.45) is 0 Å². The molecule has 1 N–H and O–H groups in total. The average Bonchev–Trinajstić information content (AvgIpc) is 3.15. The number of carbonyl (C=O) groups is 1. The van der Waals surface area contributed by atoms with Crippen molar-refractivity contribution in [3.05, 3.63) is 81.3 Å². The highest BCUT2D eigenvalue weighted by Crippen LogP contribution is 2.31. The molecule has 0 radical (unpaired) electrons. The summed E-state index contributed by atoms with van der Waals surface area (Å²) in [7, 11) is 0. The molecule has 0 saturated heterocycles. The lowest BCUT2D eigenvalue weighted by Crippen LogP contribution is -2.12. The van der Waals surface area contributed by atoms with Crippen LogP contribution in [0.1, 0.15) is 34.0 Å². The van der Waals surface area contributed by atoms with Gasteiger partial charge in [-0.15, -0.1) is 0 Å². The van der Waals surface area contributed by atoms with E-state index in [-0.39, 0.29) is 5.91 Å². The Bertz CT molecular complexity index is 1210. The maximum atomic E-state index is 12.5. The first-order valence-electron chi connectivity index (χ1n) is 9.52. The molecule has 146 valence electrons.